The van der Waals surface area contributed by atoms with Gasteiger partial charge in [0.25, 0.3) is 0 Å². The van der Waals surface area contributed by atoms with Gasteiger partial charge in [0, 0.05) is 34.6 Å². The van der Waals surface area contributed by atoms with Crippen LogP contribution in [-0.2, 0) is 21.7 Å². The molecule has 0 fully saturated rings. The lowest BCUT2D eigenvalue weighted by Gasteiger charge is -2.23. The minimum absolute atomic E-state index is 0.140. The molecule has 0 bridgehead atoms. The Hall–Kier alpha value is -1.70. The summed E-state index contributed by atoms with van der Waals surface area (Å²) in [5.74, 6) is 0. The van der Waals surface area contributed by atoms with E-state index in [2.05, 4.69) is 117 Å². The predicted molar refractivity (Wildman–Crippen MR) is 123 cm³/mol. The molecule has 0 aliphatic carbocycles. The molecule has 0 saturated heterocycles. The van der Waals surface area contributed by atoms with Crippen LogP contribution in [0.25, 0.3) is 0 Å². The monoisotopic (exact) mass is 382 g/mol. The molecule has 2 nitrogen and oxygen atoms in total. The molecule has 0 aliphatic rings. The van der Waals surface area contributed by atoms with E-state index in [9.17, 15) is 0 Å². The molecule has 0 radical (unpaired) electrons. The Kier molecular flexibility index (Phi) is 7.26. The van der Waals surface area contributed by atoms with E-state index in [1.807, 2.05) is 12.4 Å². The third-order valence-corrected chi connectivity index (χ3v) is 4.79. The maximum Gasteiger partial charge on any atom is 0.0459 e. The normalized spacial score (nSPS) is 13.0. The Bertz CT molecular complexity index is 634. The molecule has 28 heavy (non-hydrogen) atoms. The zero-order chi connectivity index (χ0) is 22.0. The second kappa shape index (κ2) is 8.35. The van der Waals surface area contributed by atoms with Crippen molar-refractivity contribution in [3.8, 4) is 0 Å². The van der Waals surface area contributed by atoms with Crippen molar-refractivity contribution in [2.45, 2.75) is 105 Å². The highest BCUT2D eigenvalue weighted by atomic mass is 14.7. The average Bonchev–Trinajstić information content (AvgIpc) is 2.52. The largest absolute Gasteiger partial charge is 0.261 e. The first-order chi connectivity index (χ1) is 12.4. The summed E-state index contributed by atoms with van der Waals surface area (Å²) in [6, 6.07) is 8.66. The van der Waals surface area contributed by atoms with E-state index < -0.39 is 0 Å². The lowest BCUT2D eigenvalue weighted by atomic mass is 9.84. The summed E-state index contributed by atoms with van der Waals surface area (Å²) in [7, 11) is 0. The summed E-state index contributed by atoms with van der Waals surface area (Å²) in [6.45, 7) is 26.6. The van der Waals surface area contributed by atoms with Gasteiger partial charge in [-0.05, 0) is 46.2 Å². The summed E-state index contributed by atoms with van der Waals surface area (Å²) < 4.78 is 0. The van der Waals surface area contributed by atoms with Gasteiger partial charge in [-0.15, -0.1) is 0 Å². The summed E-state index contributed by atoms with van der Waals surface area (Å²) in [4.78, 5) is 8.85. The van der Waals surface area contributed by atoms with Gasteiger partial charge in [-0.25, -0.2) is 0 Å². The average molecular weight is 383 g/mol. The molecule has 2 heterocycles. The van der Waals surface area contributed by atoms with Gasteiger partial charge in [-0.2, -0.15) is 0 Å². The van der Waals surface area contributed by atoms with Gasteiger partial charge in [0.2, 0.25) is 0 Å². The first-order valence-electron chi connectivity index (χ1n) is 10.4. The van der Waals surface area contributed by atoms with E-state index in [4.69, 9.17) is 0 Å². The van der Waals surface area contributed by atoms with Crippen LogP contribution < -0.4 is 0 Å². The smallest absolute Gasteiger partial charge is 0.0459 e. The van der Waals surface area contributed by atoms with Crippen LogP contribution in [0, 0.1) is 0 Å². The lowest BCUT2D eigenvalue weighted by Crippen LogP contribution is -2.17. The molecule has 0 aliphatic heterocycles. The lowest BCUT2D eigenvalue weighted by molar-refractivity contribution is 0.552. The Morgan fingerprint density at radius 1 is 0.464 bits per heavy atom. The molecule has 0 unspecified atom stereocenters. The molecule has 0 N–H and O–H groups in total. The molecule has 0 atom stereocenters. The van der Waals surface area contributed by atoms with E-state index in [0.717, 1.165) is 0 Å². The number of hydrogen-bond donors (Lipinski definition) is 0. The summed E-state index contributed by atoms with van der Waals surface area (Å²) in [5, 5.41) is 0. The highest BCUT2D eigenvalue weighted by molar-refractivity contribution is 5.27. The Morgan fingerprint density at radius 3 is 0.964 bits per heavy atom. The number of nitrogens with zero attached hydrogens (tertiary/aromatic N) is 2. The van der Waals surface area contributed by atoms with Crippen molar-refractivity contribution in [2.24, 2.45) is 0 Å². The maximum atomic E-state index is 4.42. The van der Waals surface area contributed by atoms with Crippen LogP contribution in [0.4, 0.5) is 0 Å². The minimum atomic E-state index is 0.140. The predicted octanol–water partition coefficient (Wildman–Crippen LogP) is 7.35. The van der Waals surface area contributed by atoms with Crippen molar-refractivity contribution in [1.29, 1.82) is 0 Å². The van der Waals surface area contributed by atoms with Crippen molar-refractivity contribution in [3.63, 3.8) is 0 Å². The van der Waals surface area contributed by atoms with Gasteiger partial charge in [-0.3, -0.25) is 9.97 Å². The van der Waals surface area contributed by atoms with Crippen molar-refractivity contribution in [1.82, 2.24) is 9.97 Å². The fraction of sp³-hybridized carbons (Fsp3) is 0.615. The summed E-state index contributed by atoms with van der Waals surface area (Å²) in [5.41, 5.74) is 5.76. The number of rotatable bonds is 0. The van der Waals surface area contributed by atoms with Crippen LogP contribution in [0.1, 0.15) is 106 Å². The van der Waals surface area contributed by atoms with Crippen LogP contribution >= 0.6 is 0 Å². The van der Waals surface area contributed by atoms with Crippen LogP contribution in [0.2, 0.25) is 0 Å². The molecule has 0 spiro atoms. The summed E-state index contributed by atoms with van der Waals surface area (Å²) >= 11 is 0. The Balaban J connectivity index is 0.000000280. The molecule has 156 valence electrons. The van der Waals surface area contributed by atoms with Crippen LogP contribution in [-0.4, -0.2) is 9.97 Å². The van der Waals surface area contributed by atoms with E-state index in [1.165, 1.54) is 22.5 Å². The third kappa shape index (κ3) is 7.37. The van der Waals surface area contributed by atoms with E-state index in [-0.39, 0.29) is 21.7 Å². The van der Waals surface area contributed by atoms with Crippen molar-refractivity contribution in [3.05, 3.63) is 59.2 Å². The molecule has 2 aromatic heterocycles. The van der Waals surface area contributed by atoms with Gasteiger partial charge in [-0.1, -0.05) is 83.1 Å². The molecule has 0 amide bonds. The first kappa shape index (κ1) is 24.3. The standard InChI is InChI=1S/2C13H21N/c2*1-12(2,3)10-7-8-14-11(9-10)13(4,5)6/h2*7-9H,1-6H3. The zero-order valence-corrected chi connectivity index (χ0v) is 20.4. The number of pyridine rings is 2. The minimum Gasteiger partial charge on any atom is -0.261 e. The van der Waals surface area contributed by atoms with Crippen LogP contribution in [0.5, 0.6) is 0 Å². The van der Waals surface area contributed by atoms with Crippen molar-refractivity contribution in [2.75, 3.05) is 0 Å². The molecule has 0 aromatic carbocycles. The first-order valence-corrected chi connectivity index (χ1v) is 10.4. The highest BCUT2D eigenvalue weighted by Gasteiger charge is 2.20. The maximum absolute atomic E-state index is 4.42. The highest BCUT2D eigenvalue weighted by Crippen LogP contribution is 2.27. The molecule has 0 saturated carbocycles. The number of aromatic nitrogens is 2. The van der Waals surface area contributed by atoms with E-state index in [0.29, 0.717) is 0 Å². The van der Waals surface area contributed by atoms with Crippen LogP contribution in [0.15, 0.2) is 36.7 Å². The van der Waals surface area contributed by atoms with Gasteiger partial charge in [0.05, 0.1) is 0 Å². The summed E-state index contributed by atoms with van der Waals surface area (Å²) in [6.07, 6.45) is 3.84. The zero-order valence-electron chi connectivity index (χ0n) is 20.4. The number of hydrogen-bond acceptors (Lipinski definition) is 2. The SMILES string of the molecule is CC(C)(C)c1ccnc(C(C)(C)C)c1.CC(C)(C)c1ccnc(C(C)(C)C)c1. The second-order valence-electron chi connectivity index (χ2n) is 11.9. The van der Waals surface area contributed by atoms with Gasteiger partial charge < -0.3 is 0 Å². The molecular formula is C26H42N2. The van der Waals surface area contributed by atoms with E-state index >= 15 is 0 Å². The van der Waals surface area contributed by atoms with Crippen molar-refractivity contribution >= 4 is 0 Å². The fourth-order valence-corrected chi connectivity index (χ4v) is 2.61. The van der Waals surface area contributed by atoms with Crippen LogP contribution in [0.3, 0.4) is 0 Å². The Morgan fingerprint density at radius 2 is 0.750 bits per heavy atom. The third-order valence-electron chi connectivity index (χ3n) is 4.79. The molecular weight excluding hydrogens is 340 g/mol. The van der Waals surface area contributed by atoms with Gasteiger partial charge in [0.1, 0.15) is 0 Å². The Labute approximate surface area is 174 Å². The van der Waals surface area contributed by atoms with Gasteiger partial charge >= 0.3 is 0 Å². The molecule has 2 rings (SSSR count). The second-order valence-corrected chi connectivity index (χ2v) is 11.9. The van der Waals surface area contributed by atoms with Gasteiger partial charge in [0.15, 0.2) is 0 Å². The topological polar surface area (TPSA) is 25.8 Å². The van der Waals surface area contributed by atoms with E-state index in [1.54, 1.807) is 0 Å². The fourth-order valence-electron chi connectivity index (χ4n) is 2.61. The quantitative estimate of drug-likeness (QED) is 0.476. The molecule has 2 aromatic rings. The molecule has 2 heteroatoms. The van der Waals surface area contributed by atoms with Crippen molar-refractivity contribution < 1.29 is 0 Å².